The van der Waals surface area contributed by atoms with Crippen molar-refractivity contribution in [3.8, 4) is 0 Å². The lowest BCUT2D eigenvalue weighted by Gasteiger charge is -2.26. The van der Waals surface area contributed by atoms with Gasteiger partial charge in [-0.05, 0) is 37.6 Å². The van der Waals surface area contributed by atoms with Crippen molar-refractivity contribution in [3.63, 3.8) is 0 Å². The topological polar surface area (TPSA) is 49.3 Å². The molecule has 1 aliphatic carbocycles. The van der Waals surface area contributed by atoms with E-state index in [9.17, 15) is 4.79 Å². The third kappa shape index (κ3) is 5.35. The monoisotopic (exact) mass is 239 g/mol. The van der Waals surface area contributed by atoms with Gasteiger partial charge in [0.05, 0.1) is 0 Å². The highest BCUT2D eigenvalue weighted by Crippen LogP contribution is 2.27. The largest absolute Gasteiger partial charge is 0.478 e. The third-order valence-electron chi connectivity index (χ3n) is 3.72. The molecular weight excluding hydrogens is 214 g/mol. The summed E-state index contributed by atoms with van der Waals surface area (Å²) in [7, 11) is 0. The molecule has 0 amide bonds. The van der Waals surface area contributed by atoms with Crippen LogP contribution >= 0.6 is 0 Å². The number of rotatable bonds is 6. The fourth-order valence-corrected chi connectivity index (χ4v) is 2.40. The second kappa shape index (κ2) is 7.49. The van der Waals surface area contributed by atoms with E-state index >= 15 is 0 Å². The zero-order valence-corrected chi connectivity index (χ0v) is 11.0. The Morgan fingerprint density at radius 2 is 2.00 bits per heavy atom. The predicted molar refractivity (Wildman–Crippen MR) is 70.0 cm³/mol. The minimum absolute atomic E-state index is 0.509. The van der Waals surface area contributed by atoms with Crippen molar-refractivity contribution in [1.82, 2.24) is 5.32 Å². The Labute approximate surface area is 104 Å². The van der Waals surface area contributed by atoms with Crippen molar-refractivity contribution >= 4 is 5.97 Å². The SMILES string of the molecule is CCC(=CCNCC1CCC(C)CC1)C(=O)O. The number of carboxylic acid groups (broad SMARTS) is 1. The summed E-state index contributed by atoms with van der Waals surface area (Å²) < 4.78 is 0. The molecule has 1 saturated carbocycles. The van der Waals surface area contributed by atoms with E-state index < -0.39 is 5.97 Å². The van der Waals surface area contributed by atoms with Gasteiger partial charge in [-0.1, -0.05) is 32.8 Å². The van der Waals surface area contributed by atoms with Gasteiger partial charge in [0.25, 0.3) is 0 Å². The average molecular weight is 239 g/mol. The van der Waals surface area contributed by atoms with Crippen molar-refractivity contribution in [2.24, 2.45) is 11.8 Å². The number of nitrogens with one attached hydrogen (secondary N) is 1. The summed E-state index contributed by atoms with van der Waals surface area (Å²) in [5, 5.41) is 12.2. The van der Waals surface area contributed by atoms with Crippen LogP contribution in [0.15, 0.2) is 11.6 Å². The van der Waals surface area contributed by atoms with E-state index in [1.165, 1.54) is 25.7 Å². The van der Waals surface area contributed by atoms with Gasteiger partial charge in [0, 0.05) is 12.1 Å². The molecule has 1 rings (SSSR count). The first-order valence-corrected chi connectivity index (χ1v) is 6.76. The first-order chi connectivity index (χ1) is 8.13. The molecular formula is C14H25NO2. The summed E-state index contributed by atoms with van der Waals surface area (Å²) in [5.74, 6) is 0.889. The molecule has 0 aliphatic heterocycles. The van der Waals surface area contributed by atoms with Crippen LogP contribution in [-0.4, -0.2) is 24.2 Å². The maximum atomic E-state index is 10.8. The highest BCUT2D eigenvalue weighted by molar-refractivity contribution is 5.86. The summed E-state index contributed by atoms with van der Waals surface area (Å²) in [6, 6.07) is 0. The number of hydrogen-bond acceptors (Lipinski definition) is 2. The minimum atomic E-state index is -0.791. The summed E-state index contributed by atoms with van der Waals surface area (Å²) in [5.41, 5.74) is 0.509. The molecule has 1 aliphatic rings. The Hall–Kier alpha value is -0.830. The fourth-order valence-electron chi connectivity index (χ4n) is 2.40. The van der Waals surface area contributed by atoms with Crippen LogP contribution in [0.3, 0.4) is 0 Å². The molecule has 0 bridgehead atoms. The van der Waals surface area contributed by atoms with Crippen LogP contribution in [0.1, 0.15) is 46.0 Å². The lowest BCUT2D eigenvalue weighted by Crippen LogP contribution is -2.26. The van der Waals surface area contributed by atoms with Gasteiger partial charge in [0.15, 0.2) is 0 Å². The molecule has 0 atom stereocenters. The number of carboxylic acids is 1. The van der Waals surface area contributed by atoms with Gasteiger partial charge in [-0.3, -0.25) is 0 Å². The Morgan fingerprint density at radius 1 is 1.35 bits per heavy atom. The van der Waals surface area contributed by atoms with Gasteiger partial charge in [-0.25, -0.2) is 4.79 Å². The molecule has 2 N–H and O–H groups in total. The molecule has 0 aromatic heterocycles. The lowest BCUT2D eigenvalue weighted by atomic mass is 9.83. The maximum absolute atomic E-state index is 10.8. The molecule has 3 nitrogen and oxygen atoms in total. The van der Waals surface area contributed by atoms with E-state index in [0.29, 0.717) is 18.5 Å². The molecule has 98 valence electrons. The zero-order valence-electron chi connectivity index (χ0n) is 11.0. The van der Waals surface area contributed by atoms with E-state index in [1.54, 1.807) is 6.08 Å². The number of hydrogen-bond donors (Lipinski definition) is 2. The van der Waals surface area contributed by atoms with Crippen LogP contribution in [0.5, 0.6) is 0 Å². The second-order valence-electron chi connectivity index (χ2n) is 5.17. The fraction of sp³-hybridized carbons (Fsp3) is 0.786. The highest BCUT2D eigenvalue weighted by atomic mass is 16.4. The summed E-state index contributed by atoms with van der Waals surface area (Å²) in [6.07, 6.45) is 7.72. The molecule has 3 heteroatoms. The molecule has 0 spiro atoms. The van der Waals surface area contributed by atoms with Crippen LogP contribution in [-0.2, 0) is 4.79 Å². The average Bonchev–Trinajstić information content (AvgIpc) is 2.31. The van der Waals surface area contributed by atoms with Crippen molar-refractivity contribution in [1.29, 1.82) is 0 Å². The van der Waals surface area contributed by atoms with Gasteiger partial charge < -0.3 is 10.4 Å². The molecule has 0 saturated heterocycles. The molecule has 0 heterocycles. The first-order valence-electron chi connectivity index (χ1n) is 6.76. The van der Waals surface area contributed by atoms with E-state index in [-0.39, 0.29) is 0 Å². The van der Waals surface area contributed by atoms with Crippen LogP contribution in [0, 0.1) is 11.8 Å². The molecule has 17 heavy (non-hydrogen) atoms. The minimum Gasteiger partial charge on any atom is -0.478 e. The van der Waals surface area contributed by atoms with Gasteiger partial charge in [-0.15, -0.1) is 0 Å². The van der Waals surface area contributed by atoms with Gasteiger partial charge in [-0.2, -0.15) is 0 Å². The van der Waals surface area contributed by atoms with E-state index in [1.807, 2.05) is 6.92 Å². The van der Waals surface area contributed by atoms with E-state index in [2.05, 4.69) is 12.2 Å². The Morgan fingerprint density at radius 3 is 2.53 bits per heavy atom. The second-order valence-corrected chi connectivity index (χ2v) is 5.17. The smallest absolute Gasteiger partial charge is 0.331 e. The van der Waals surface area contributed by atoms with Crippen LogP contribution in [0.25, 0.3) is 0 Å². The van der Waals surface area contributed by atoms with Crippen molar-refractivity contribution in [2.75, 3.05) is 13.1 Å². The summed E-state index contributed by atoms with van der Waals surface area (Å²) in [6.45, 7) is 5.91. The van der Waals surface area contributed by atoms with Crippen molar-refractivity contribution < 1.29 is 9.90 Å². The normalized spacial score (nSPS) is 25.9. The van der Waals surface area contributed by atoms with Gasteiger partial charge in [0.2, 0.25) is 0 Å². The summed E-state index contributed by atoms with van der Waals surface area (Å²) >= 11 is 0. The first kappa shape index (κ1) is 14.2. The Kier molecular flexibility index (Phi) is 6.27. The summed E-state index contributed by atoms with van der Waals surface area (Å²) in [4.78, 5) is 10.8. The number of carbonyl (C=O) groups is 1. The van der Waals surface area contributed by atoms with Crippen LogP contribution < -0.4 is 5.32 Å². The Balaban J connectivity index is 2.17. The third-order valence-corrected chi connectivity index (χ3v) is 3.72. The molecule has 0 unspecified atom stereocenters. The van der Waals surface area contributed by atoms with Gasteiger partial charge in [0.1, 0.15) is 0 Å². The predicted octanol–water partition coefficient (Wildman–Crippen LogP) is 2.82. The lowest BCUT2D eigenvalue weighted by molar-refractivity contribution is -0.132. The molecule has 0 radical (unpaired) electrons. The van der Waals surface area contributed by atoms with E-state index in [4.69, 9.17) is 5.11 Å². The van der Waals surface area contributed by atoms with Gasteiger partial charge >= 0.3 is 5.97 Å². The zero-order chi connectivity index (χ0) is 12.7. The highest BCUT2D eigenvalue weighted by Gasteiger charge is 2.17. The van der Waals surface area contributed by atoms with Crippen LogP contribution in [0.2, 0.25) is 0 Å². The Bertz CT molecular complexity index is 265. The van der Waals surface area contributed by atoms with Crippen molar-refractivity contribution in [2.45, 2.75) is 46.0 Å². The molecule has 1 fully saturated rings. The molecule has 0 aromatic carbocycles. The molecule has 0 aromatic rings. The quantitative estimate of drug-likeness (QED) is 0.553. The van der Waals surface area contributed by atoms with Crippen molar-refractivity contribution in [3.05, 3.63) is 11.6 Å². The maximum Gasteiger partial charge on any atom is 0.331 e. The van der Waals surface area contributed by atoms with Crippen LogP contribution in [0.4, 0.5) is 0 Å². The number of aliphatic carboxylic acids is 1. The standard InChI is InChI=1S/C14H25NO2/c1-3-13(14(16)17)8-9-15-10-12-6-4-11(2)5-7-12/h8,11-12,15H,3-7,9-10H2,1-2H3,(H,16,17). The van der Waals surface area contributed by atoms with E-state index in [0.717, 1.165) is 18.4 Å².